The first-order chi connectivity index (χ1) is 15.9. The van der Waals surface area contributed by atoms with Crippen molar-refractivity contribution in [2.24, 2.45) is 0 Å². The van der Waals surface area contributed by atoms with E-state index in [-0.39, 0.29) is 5.91 Å². The van der Waals surface area contributed by atoms with Crippen LogP contribution in [-0.2, 0) is 19.0 Å². The molecule has 0 atom stereocenters. The van der Waals surface area contributed by atoms with Crippen molar-refractivity contribution in [3.63, 3.8) is 0 Å². The van der Waals surface area contributed by atoms with Crippen molar-refractivity contribution in [3.05, 3.63) is 131 Å². The van der Waals surface area contributed by atoms with Gasteiger partial charge in [-0.3, -0.25) is 9.78 Å². The summed E-state index contributed by atoms with van der Waals surface area (Å²) in [6.45, 7) is 0. The third kappa shape index (κ3) is 5.86. The quantitative estimate of drug-likeness (QED) is 0.366. The molecular weight excluding hydrogens is 425 g/mol. The van der Waals surface area contributed by atoms with Crippen molar-refractivity contribution in [2.75, 3.05) is 5.32 Å². The van der Waals surface area contributed by atoms with E-state index < -0.39 is 11.7 Å². The highest BCUT2D eigenvalue weighted by Gasteiger charge is 2.29. The number of pyridine rings is 1. The molecule has 33 heavy (non-hydrogen) atoms. The van der Waals surface area contributed by atoms with E-state index in [2.05, 4.69) is 10.3 Å². The van der Waals surface area contributed by atoms with Crippen LogP contribution >= 0.6 is 0 Å². The minimum atomic E-state index is -4.37. The summed E-state index contributed by atoms with van der Waals surface area (Å²) in [6, 6.07) is 25.4. The molecule has 0 radical (unpaired) electrons. The lowest BCUT2D eigenvalue weighted by atomic mass is 9.98. The van der Waals surface area contributed by atoms with Crippen LogP contribution in [-0.4, -0.2) is 10.9 Å². The van der Waals surface area contributed by atoms with E-state index in [4.69, 9.17) is 0 Å². The summed E-state index contributed by atoms with van der Waals surface area (Å²) < 4.78 is 38.4. The second-order valence-corrected chi connectivity index (χ2v) is 7.68. The molecule has 4 aromatic rings. The highest BCUT2D eigenvalue weighted by molar-refractivity contribution is 6.05. The Hall–Kier alpha value is -3.93. The average Bonchev–Trinajstić information content (AvgIpc) is 2.81. The second kappa shape index (κ2) is 9.69. The molecule has 0 aliphatic rings. The van der Waals surface area contributed by atoms with Crippen LogP contribution in [0.4, 0.5) is 18.9 Å². The number of aromatic nitrogens is 1. The van der Waals surface area contributed by atoms with Crippen LogP contribution in [0.25, 0.3) is 0 Å². The minimum Gasteiger partial charge on any atom is -0.322 e. The standard InChI is InChI=1S/C27H21F3N2O/c28-27(29,30)22-12-8-19(9-13-22)17-21-5-1-2-7-25(21)26(33)32-23-14-10-20(11-15-23)18-24-6-3-4-16-31-24/h1-16H,17-18H2,(H,32,33). The van der Waals surface area contributed by atoms with Crippen LogP contribution in [0.5, 0.6) is 0 Å². The number of anilines is 1. The zero-order valence-corrected chi connectivity index (χ0v) is 17.6. The number of carbonyl (C=O) groups excluding carboxylic acids is 1. The molecule has 0 spiro atoms. The summed E-state index contributed by atoms with van der Waals surface area (Å²) in [4.78, 5) is 17.2. The van der Waals surface area contributed by atoms with Gasteiger partial charge in [0.15, 0.2) is 0 Å². The summed E-state index contributed by atoms with van der Waals surface area (Å²) in [5.74, 6) is -0.269. The number of nitrogens with one attached hydrogen (secondary N) is 1. The number of hydrogen-bond acceptors (Lipinski definition) is 2. The van der Waals surface area contributed by atoms with Gasteiger partial charge in [0.1, 0.15) is 0 Å². The number of hydrogen-bond donors (Lipinski definition) is 1. The number of alkyl halides is 3. The average molecular weight is 446 g/mol. The van der Waals surface area contributed by atoms with Gasteiger partial charge >= 0.3 is 6.18 Å². The topological polar surface area (TPSA) is 42.0 Å². The van der Waals surface area contributed by atoms with Crippen molar-refractivity contribution in [1.82, 2.24) is 4.98 Å². The van der Waals surface area contributed by atoms with Crippen LogP contribution in [0.2, 0.25) is 0 Å². The van der Waals surface area contributed by atoms with Crippen molar-refractivity contribution < 1.29 is 18.0 Å². The number of amides is 1. The fourth-order valence-electron chi connectivity index (χ4n) is 3.54. The molecule has 1 amide bonds. The van der Waals surface area contributed by atoms with Gasteiger partial charge in [-0.2, -0.15) is 13.2 Å². The van der Waals surface area contributed by atoms with Crippen LogP contribution in [0, 0.1) is 0 Å². The van der Waals surface area contributed by atoms with Crippen molar-refractivity contribution in [1.29, 1.82) is 0 Å². The number of rotatable bonds is 6. The minimum absolute atomic E-state index is 0.269. The van der Waals surface area contributed by atoms with Gasteiger partial charge in [0.2, 0.25) is 0 Å². The Morgan fingerprint density at radius 3 is 2.06 bits per heavy atom. The van der Waals surface area contributed by atoms with E-state index in [1.165, 1.54) is 12.1 Å². The van der Waals surface area contributed by atoms with Gasteiger partial charge in [0, 0.05) is 29.6 Å². The maximum absolute atomic E-state index is 12.9. The molecule has 0 fully saturated rings. The first-order valence-corrected chi connectivity index (χ1v) is 10.4. The van der Waals surface area contributed by atoms with Gasteiger partial charge in [-0.25, -0.2) is 0 Å². The Morgan fingerprint density at radius 2 is 1.39 bits per heavy atom. The first-order valence-electron chi connectivity index (χ1n) is 10.4. The molecule has 3 nitrogen and oxygen atoms in total. The van der Waals surface area contributed by atoms with E-state index in [0.29, 0.717) is 29.7 Å². The highest BCUT2D eigenvalue weighted by atomic mass is 19.4. The number of nitrogens with zero attached hydrogens (tertiary/aromatic N) is 1. The zero-order chi connectivity index (χ0) is 23.3. The smallest absolute Gasteiger partial charge is 0.322 e. The molecule has 1 heterocycles. The van der Waals surface area contributed by atoms with Gasteiger partial charge in [-0.15, -0.1) is 0 Å². The van der Waals surface area contributed by atoms with E-state index in [1.807, 2.05) is 54.6 Å². The van der Waals surface area contributed by atoms with Gasteiger partial charge in [-0.1, -0.05) is 48.5 Å². The van der Waals surface area contributed by atoms with E-state index in [1.54, 1.807) is 18.3 Å². The number of halogens is 3. The summed E-state index contributed by atoms with van der Waals surface area (Å²) in [5, 5.41) is 2.90. The summed E-state index contributed by atoms with van der Waals surface area (Å²) >= 11 is 0. The van der Waals surface area contributed by atoms with Crippen LogP contribution < -0.4 is 5.32 Å². The molecule has 6 heteroatoms. The van der Waals surface area contributed by atoms with Gasteiger partial charge < -0.3 is 5.32 Å². The predicted molar refractivity (Wildman–Crippen MR) is 122 cm³/mol. The Kier molecular flexibility index (Phi) is 6.54. The fourth-order valence-corrected chi connectivity index (χ4v) is 3.54. The van der Waals surface area contributed by atoms with Crippen LogP contribution in [0.15, 0.2) is 97.2 Å². The molecule has 0 aliphatic carbocycles. The third-order valence-electron chi connectivity index (χ3n) is 5.26. The molecule has 166 valence electrons. The normalized spacial score (nSPS) is 11.2. The van der Waals surface area contributed by atoms with E-state index >= 15 is 0 Å². The van der Waals surface area contributed by atoms with Gasteiger partial charge in [0.25, 0.3) is 5.91 Å². The molecule has 3 aromatic carbocycles. The van der Waals surface area contributed by atoms with Gasteiger partial charge in [-0.05, 0) is 65.6 Å². The Bertz CT molecular complexity index is 1220. The van der Waals surface area contributed by atoms with E-state index in [9.17, 15) is 18.0 Å². The maximum Gasteiger partial charge on any atom is 0.416 e. The number of carbonyl (C=O) groups is 1. The largest absolute Gasteiger partial charge is 0.416 e. The molecule has 1 N–H and O–H groups in total. The lowest BCUT2D eigenvalue weighted by Gasteiger charge is -2.12. The zero-order valence-electron chi connectivity index (χ0n) is 17.6. The number of benzene rings is 3. The molecule has 1 aromatic heterocycles. The third-order valence-corrected chi connectivity index (χ3v) is 5.26. The van der Waals surface area contributed by atoms with Crippen molar-refractivity contribution in [2.45, 2.75) is 19.0 Å². The second-order valence-electron chi connectivity index (χ2n) is 7.68. The summed E-state index contributed by atoms with van der Waals surface area (Å²) in [6.07, 6.45) is -1.56. The van der Waals surface area contributed by atoms with Crippen molar-refractivity contribution in [3.8, 4) is 0 Å². The lowest BCUT2D eigenvalue weighted by molar-refractivity contribution is -0.137. The Morgan fingerprint density at radius 1 is 0.758 bits per heavy atom. The summed E-state index contributed by atoms with van der Waals surface area (Å²) in [5.41, 5.74) is 3.93. The SMILES string of the molecule is O=C(Nc1ccc(Cc2ccccn2)cc1)c1ccccc1Cc1ccc(C(F)(F)F)cc1. The lowest BCUT2D eigenvalue weighted by Crippen LogP contribution is -2.14. The molecule has 0 bridgehead atoms. The van der Waals surface area contributed by atoms with Crippen LogP contribution in [0.1, 0.15) is 38.3 Å². The summed E-state index contributed by atoms with van der Waals surface area (Å²) in [7, 11) is 0. The van der Waals surface area contributed by atoms with Gasteiger partial charge in [0.05, 0.1) is 5.56 Å². The predicted octanol–water partition coefficient (Wildman–Crippen LogP) is 6.53. The fraction of sp³-hybridized carbons (Fsp3) is 0.111. The molecule has 4 rings (SSSR count). The van der Waals surface area contributed by atoms with Crippen LogP contribution in [0.3, 0.4) is 0 Å². The van der Waals surface area contributed by atoms with E-state index in [0.717, 1.165) is 29.0 Å². The Balaban J connectivity index is 1.45. The molecule has 0 unspecified atom stereocenters. The Labute approximate surface area is 189 Å². The monoisotopic (exact) mass is 446 g/mol. The molecular formula is C27H21F3N2O. The molecule has 0 saturated heterocycles. The maximum atomic E-state index is 12.9. The highest BCUT2D eigenvalue weighted by Crippen LogP contribution is 2.29. The van der Waals surface area contributed by atoms with Crippen molar-refractivity contribution >= 4 is 11.6 Å². The molecule has 0 aliphatic heterocycles. The molecule has 0 saturated carbocycles. The first kappa shape index (κ1) is 22.3.